The van der Waals surface area contributed by atoms with E-state index < -0.39 is 16.5 Å². The lowest BCUT2D eigenvalue weighted by molar-refractivity contribution is -0.645. The average Bonchev–Trinajstić information content (AvgIpc) is 2.56. The number of rotatable bonds is 4. The number of amides is 1. The Bertz CT molecular complexity index is 758. The van der Waals surface area contributed by atoms with Gasteiger partial charge in [-0.1, -0.05) is 19.4 Å². The van der Waals surface area contributed by atoms with E-state index in [-0.39, 0.29) is 0 Å². The second kappa shape index (κ2) is 12.0. The summed E-state index contributed by atoms with van der Waals surface area (Å²) in [7, 11) is -1.69. The molecular formula is C16H23N2O7S-. The van der Waals surface area contributed by atoms with Crippen molar-refractivity contribution in [2.24, 2.45) is 7.05 Å². The summed E-state index contributed by atoms with van der Waals surface area (Å²) in [5.74, 6) is 0.329. The highest BCUT2D eigenvalue weighted by Crippen LogP contribution is 2.19. The molecule has 2 rings (SSSR count). The quantitative estimate of drug-likeness (QED) is 0.330. The van der Waals surface area contributed by atoms with Crippen LogP contribution in [0.2, 0.25) is 0 Å². The maximum Gasteiger partial charge on any atom is 0.254 e. The van der Waals surface area contributed by atoms with Crippen molar-refractivity contribution in [3.63, 3.8) is 0 Å². The minimum atomic E-state index is -4.41. The van der Waals surface area contributed by atoms with Crippen LogP contribution in [0.1, 0.15) is 19.8 Å². The SMILES string of the molecule is CCCCNC(=O)[O-].COS(=O)(=O)[O-].C[n+]1cccc2cccc(O)c21. The van der Waals surface area contributed by atoms with Crippen LogP contribution in [-0.4, -0.2) is 37.8 Å². The molecule has 2 aromatic rings. The van der Waals surface area contributed by atoms with Gasteiger partial charge in [0.15, 0.2) is 11.9 Å². The van der Waals surface area contributed by atoms with E-state index in [1.807, 2.05) is 49.0 Å². The third-order valence-corrected chi connectivity index (χ3v) is 3.40. The molecule has 0 fully saturated rings. The second-order valence-electron chi connectivity index (χ2n) is 4.98. The van der Waals surface area contributed by atoms with Crippen LogP contribution >= 0.6 is 0 Å². The average molecular weight is 387 g/mol. The number of phenolic OH excluding ortho intramolecular Hbond substituents is 1. The van der Waals surface area contributed by atoms with E-state index in [1.165, 1.54) is 0 Å². The van der Waals surface area contributed by atoms with Crippen LogP contribution in [0.5, 0.6) is 5.75 Å². The highest BCUT2D eigenvalue weighted by molar-refractivity contribution is 7.80. The summed E-state index contributed by atoms with van der Waals surface area (Å²) in [5.41, 5.74) is 0.875. The fraction of sp³-hybridized carbons (Fsp3) is 0.375. The Hall–Kier alpha value is -2.43. The maximum absolute atomic E-state index is 9.65. The molecule has 0 saturated carbocycles. The number of para-hydroxylation sites is 1. The van der Waals surface area contributed by atoms with Gasteiger partial charge < -0.3 is 24.9 Å². The van der Waals surface area contributed by atoms with Gasteiger partial charge in [0.05, 0.1) is 12.5 Å². The topological polar surface area (TPSA) is 143 Å². The smallest absolute Gasteiger partial charge is 0.254 e. The maximum atomic E-state index is 9.65. The molecule has 0 unspecified atom stereocenters. The van der Waals surface area contributed by atoms with Gasteiger partial charge in [0.25, 0.3) is 5.52 Å². The van der Waals surface area contributed by atoms with E-state index in [4.69, 9.17) is 0 Å². The number of hydrogen-bond donors (Lipinski definition) is 2. The van der Waals surface area contributed by atoms with Crippen LogP contribution < -0.4 is 15.0 Å². The van der Waals surface area contributed by atoms with Gasteiger partial charge in [0.2, 0.25) is 10.4 Å². The molecule has 10 heteroatoms. The molecule has 0 spiro atoms. The fourth-order valence-electron chi connectivity index (χ4n) is 1.79. The first-order valence-corrected chi connectivity index (χ1v) is 8.98. The monoisotopic (exact) mass is 387 g/mol. The van der Waals surface area contributed by atoms with Crippen molar-refractivity contribution in [2.45, 2.75) is 19.8 Å². The van der Waals surface area contributed by atoms with E-state index in [2.05, 4.69) is 9.50 Å². The van der Waals surface area contributed by atoms with Crippen LogP contribution in [0.3, 0.4) is 0 Å². The molecule has 1 aromatic heterocycles. The number of phenols is 1. The number of aromatic hydroxyl groups is 1. The molecule has 0 aliphatic carbocycles. The van der Waals surface area contributed by atoms with E-state index in [1.54, 1.807) is 6.07 Å². The summed E-state index contributed by atoms with van der Waals surface area (Å²) < 4.78 is 32.9. The zero-order valence-electron chi connectivity index (χ0n) is 14.8. The van der Waals surface area contributed by atoms with Gasteiger partial charge >= 0.3 is 0 Å². The zero-order chi connectivity index (χ0) is 20.2. The summed E-state index contributed by atoms with van der Waals surface area (Å²) in [6.07, 6.45) is 2.62. The van der Waals surface area contributed by atoms with E-state index in [9.17, 15) is 28.0 Å². The first-order valence-electron chi connectivity index (χ1n) is 7.65. The molecular weight excluding hydrogens is 364 g/mol. The van der Waals surface area contributed by atoms with E-state index >= 15 is 0 Å². The molecule has 0 atom stereocenters. The van der Waals surface area contributed by atoms with Crippen molar-refractivity contribution in [1.82, 2.24) is 5.32 Å². The Kier molecular flexibility index (Phi) is 10.9. The number of unbranched alkanes of at least 4 members (excludes halogenated alkanes) is 1. The summed E-state index contributed by atoms with van der Waals surface area (Å²) in [6.45, 7) is 2.51. The Morgan fingerprint density at radius 1 is 1.31 bits per heavy atom. The third kappa shape index (κ3) is 10.4. The number of hydrogen-bond acceptors (Lipinski definition) is 7. The predicted molar refractivity (Wildman–Crippen MR) is 91.8 cm³/mol. The highest BCUT2D eigenvalue weighted by atomic mass is 32.3. The van der Waals surface area contributed by atoms with Gasteiger partial charge in [-0.25, -0.2) is 8.42 Å². The number of carboxylic acid groups (broad SMARTS) is 1. The summed E-state index contributed by atoms with van der Waals surface area (Å²) in [6, 6.07) is 9.46. The molecule has 0 bridgehead atoms. The van der Waals surface area contributed by atoms with Gasteiger partial charge in [-0.05, 0) is 24.6 Å². The molecule has 0 saturated heterocycles. The van der Waals surface area contributed by atoms with Gasteiger partial charge in [-0.3, -0.25) is 4.18 Å². The number of aryl methyl sites for hydroxylation is 1. The first-order chi connectivity index (χ1) is 12.1. The number of benzene rings is 1. The van der Waals surface area contributed by atoms with Crippen LogP contribution in [0.25, 0.3) is 10.9 Å². The van der Waals surface area contributed by atoms with E-state index in [0.717, 1.165) is 30.9 Å². The molecule has 2 N–H and O–H groups in total. The lowest BCUT2D eigenvalue weighted by Gasteiger charge is -2.02. The number of fused-ring (bicyclic) bond motifs is 1. The van der Waals surface area contributed by atoms with Crippen molar-refractivity contribution >= 4 is 27.4 Å². The molecule has 9 nitrogen and oxygen atoms in total. The van der Waals surface area contributed by atoms with Crippen LogP contribution in [0.4, 0.5) is 4.79 Å². The highest BCUT2D eigenvalue weighted by Gasteiger charge is 2.07. The number of nitrogens with one attached hydrogen (secondary N) is 1. The lowest BCUT2D eigenvalue weighted by Crippen LogP contribution is -2.36. The first kappa shape index (κ1) is 23.6. The van der Waals surface area contributed by atoms with Crippen molar-refractivity contribution in [1.29, 1.82) is 0 Å². The minimum Gasteiger partial charge on any atom is -0.726 e. The molecule has 0 aliphatic heterocycles. The Morgan fingerprint density at radius 3 is 2.35 bits per heavy atom. The number of nitrogens with zero attached hydrogens (tertiary/aromatic N) is 1. The molecule has 146 valence electrons. The Morgan fingerprint density at radius 2 is 1.88 bits per heavy atom. The van der Waals surface area contributed by atoms with Gasteiger partial charge in [0, 0.05) is 12.6 Å². The minimum absolute atomic E-state index is 0.329. The number of pyridine rings is 1. The van der Waals surface area contributed by atoms with Crippen molar-refractivity contribution in [2.75, 3.05) is 13.7 Å². The summed E-state index contributed by atoms with van der Waals surface area (Å²) in [4.78, 5) is 9.65. The van der Waals surface area contributed by atoms with Crippen molar-refractivity contribution in [3.05, 3.63) is 36.5 Å². The normalized spacial score (nSPS) is 10.2. The number of aromatic nitrogens is 1. The predicted octanol–water partition coefficient (Wildman–Crippen LogP) is 0.182. The van der Waals surface area contributed by atoms with Crippen LogP contribution in [0, 0.1) is 0 Å². The third-order valence-electron chi connectivity index (χ3n) is 2.99. The Balaban J connectivity index is 0.000000392. The molecule has 0 radical (unpaired) electrons. The standard InChI is InChI=1S/C10H9NO.C5H11NO2.CH4O4S/c1-11-7-3-5-8-4-2-6-9(12)10(8)11;1-2-3-4-6-5(7)8;1-5-6(2,3)4/h2-7H,1H3;6H,2-4H2,1H3,(H,7,8);1H3,(H,2,3,4)/p-1. The van der Waals surface area contributed by atoms with E-state index in [0.29, 0.717) is 12.3 Å². The van der Waals surface area contributed by atoms with Crippen LogP contribution in [0.15, 0.2) is 36.5 Å². The number of carbonyl (C=O) groups is 1. The molecule has 1 heterocycles. The number of carbonyl (C=O) groups excluding carboxylic acids is 1. The fourth-order valence-corrected chi connectivity index (χ4v) is 1.79. The molecule has 26 heavy (non-hydrogen) atoms. The van der Waals surface area contributed by atoms with Crippen LogP contribution in [-0.2, 0) is 21.6 Å². The summed E-state index contributed by atoms with van der Waals surface area (Å²) in [5, 5.41) is 22.4. The molecule has 1 aromatic carbocycles. The van der Waals surface area contributed by atoms with Gasteiger partial charge in [0.1, 0.15) is 13.1 Å². The van der Waals surface area contributed by atoms with Crippen molar-refractivity contribution < 1.29 is 36.7 Å². The Labute approximate surface area is 152 Å². The summed E-state index contributed by atoms with van der Waals surface area (Å²) >= 11 is 0. The largest absolute Gasteiger partial charge is 0.726 e. The second-order valence-corrected chi connectivity index (χ2v) is 6.13. The van der Waals surface area contributed by atoms with Crippen molar-refractivity contribution in [3.8, 4) is 5.75 Å². The molecule has 1 amide bonds. The lowest BCUT2D eigenvalue weighted by atomic mass is 10.2. The van der Waals surface area contributed by atoms with Gasteiger partial charge in [-0.15, -0.1) is 0 Å². The zero-order valence-corrected chi connectivity index (χ0v) is 15.7. The van der Waals surface area contributed by atoms with Gasteiger partial charge in [-0.2, -0.15) is 4.57 Å². The molecule has 0 aliphatic rings.